The molecule has 2 aliphatic rings. The number of hydrogen-bond donors (Lipinski definition) is 0. The van der Waals surface area contributed by atoms with Crippen LogP contribution in [0.15, 0.2) is 18.2 Å². The quantitative estimate of drug-likeness (QED) is 0.778. The molecule has 2 fully saturated rings. The fourth-order valence-electron chi connectivity index (χ4n) is 3.56. The van der Waals surface area contributed by atoms with Crippen LogP contribution in [0.5, 0.6) is 0 Å². The first-order valence-electron chi connectivity index (χ1n) is 7.76. The molecule has 0 saturated carbocycles. The van der Waals surface area contributed by atoms with Crippen molar-refractivity contribution in [3.63, 3.8) is 0 Å². The van der Waals surface area contributed by atoms with Gasteiger partial charge in [0.05, 0.1) is 30.4 Å². The molecule has 2 aliphatic heterocycles. The SMILES string of the molecule is CN1C2COCC1CC(C(=O)c1ccc(C(F)(F)F)cc1C#N)C2. The van der Waals surface area contributed by atoms with Crippen LogP contribution in [0.1, 0.15) is 34.3 Å². The summed E-state index contributed by atoms with van der Waals surface area (Å²) < 4.78 is 43.8. The normalized spacial score (nSPS) is 27.5. The third-order valence-electron chi connectivity index (χ3n) is 4.99. The van der Waals surface area contributed by atoms with Crippen molar-refractivity contribution in [3.05, 3.63) is 34.9 Å². The van der Waals surface area contributed by atoms with E-state index < -0.39 is 11.7 Å². The number of likely N-dealkylation sites (N-methyl/N-ethyl adjacent to an activating group) is 1. The van der Waals surface area contributed by atoms with Crippen LogP contribution in [-0.4, -0.2) is 43.0 Å². The lowest BCUT2D eigenvalue weighted by molar-refractivity contribution is -0.137. The van der Waals surface area contributed by atoms with Crippen LogP contribution in [0.25, 0.3) is 0 Å². The van der Waals surface area contributed by atoms with Crippen molar-refractivity contribution < 1.29 is 22.7 Å². The Morgan fingerprint density at radius 3 is 2.46 bits per heavy atom. The summed E-state index contributed by atoms with van der Waals surface area (Å²) in [6.07, 6.45) is -3.34. The Bertz CT molecular complexity index is 682. The lowest BCUT2D eigenvalue weighted by Gasteiger charge is -2.46. The second kappa shape index (κ2) is 6.19. The third-order valence-corrected chi connectivity index (χ3v) is 4.99. The molecule has 0 aromatic heterocycles. The molecule has 1 aromatic rings. The number of alkyl halides is 3. The van der Waals surface area contributed by atoms with Gasteiger partial charge in [-0.1, -0.05) is 0 Å². The third kappa shape index (κ3) is 3.04. The van der Waals surface area contributed by atoms with Gasteiger partial charge in [0.2, 0.25) is 0 Å². The fourth-order valence-corrected chi connectivity index (χ4v) is 3.56. The summed E-state index contributed by atoms with van der Waals surface area (Å²) in [7, 11) is 2.00. The highest BCUT2D eigenvalue weighted by molar-refractivity contribution is 6.00. The highest BCUT2D eigenvalue weighted by atomic mass is 19.4. The minimum absolute atomic E-state index is 0.0824. The zero-order valence-corrected chi connectivity index (χ0v) is 13.1. The van der Waals surface area contributed by atoms with E-state index in [-0.39, 0.29) is 34.9 Å². The van der Waals surface area contributed by atoms with E-state index in [1.54, 1.807) is 6.07 Å². The predicted molar refractivity (Wildman–Crippen MR) is 79.4 cm³/mol. The molecular formula is C17H17F3N2O2. The van der Waals surface area contributed by atoms with Crippen LogP contribution in [0.4, 0.5) is 13.2 Å². The molecule has 2 atom stereocenters. The minimum Gasteiger partial charge on any atom is -0.378 e. The van der Waals surface area contributed by atoms with Gasteiger partial charge in [0.25, 0.3) is 0 Å². The van der Waals surface area contributed by atoms with Crippen LogP contribution >= 0.6 is 0 Å². The van der Waals surface area contributed by atoms with E-state index in [9.17, 15) is 18.0 Å². The first kappa shape index (κ1) is 16.9. The van der Waals surface area contributed by atoms with Crippen molar-refractivity contribution in [3.8, 4) is 6.07 Å². The molecule has 2 unspecified atom stereocenters. The maximum atomic E-state index is 12.8. The van der Waals surface area contributed by atoms with Gasteiger partial charge in [0, 0.05) is 23.6 Å². The first-order valence-corrected chi connectivity index (χ1v) is 7.76. The average molecular weight is 338 g/mol. The second-order valence-corrected chi connectivity index (χ2v) is 6.41. The molecule has 0 spiro atoms. The van der Waals surface area contributed by atoms with Crippen LogP contribution in [-0.2, 0) is 10.9 Å². The van der Waals surface area contributed by atoms with Crippen molar-refractivity contribution in [2.45, 2.75) is 31.1 Å². The van der Waals surface area contributed by atoms with Gasteiger partial charge in [-0.05, 0) is 38.1 Å². The number of hydrogen-bond acceptors (Lipinski definition) is 4. The van der Waals surface area contributed by atoms with E-state index in [0.29, 0.717) is 26.1 Å². The number of Topliss-reactive ketones (excluding diaryl/α,β-unsaturated/α-hetero) is 1. The number of rotatable bonds is 2. The topological polar surface area (TPSA) is 53.3 Å². The van der Waals surface area contributed by atoms with Crippen LogP contribution in [0.3, 0.4) is 0 Å². The number of carbonyl (C=O) groups excluding carboxylic acids is 1. The fraction of sp³-hybridized carbons (Fsp3) is 0.529. The Morgan fingerprint density at radius 2 is 1.92 bits per heavy atom. The summed E-state index contributed by atoms with van der Waals surface area (Å²) in [6.45, 7) is 1.10. The Morgan fingerprint density at radius 1 is 1.29 bits per heavy atom. The van der Waals surface area contributed by atoms with Gasteiger partial charge in [-0.25, -0.2) is 0 Å². The van der Waals surface area contributed by atoms with Gasteiger partial charge in [-0.3, -0.25) is 9.69 Å². The summed E-state index contributed by atoms with van der Waals surface area (Å²) in [6, 6.07) is 4.75. The Hall–Kier alpha value is -1.91. The predicted octanol–water partition coefficient (Wildman–Crippen LogP) is 2.87. The molecule has 0 radical (unpaired) electrons. The number of ketones is 1. The monoisotopic (exact) mass is 338 g/mol. The summed E-state index contributed by atoms with van der Waals surface area (Å²) in [4.78, 5) is 15.0. The highest BCUT2D eigenvalue weighted by Crippen LogP contribution is 2.34. The molecule has 3 rings (SSSR count). The molecule has 1 aromatic carbocycles. The maximum Gasteiger partial charge on any atom is 0.416 e. The lowest BCUT2D eigenvalue weighted by Crippen LogP contribution is -2.55. The van der Waals surface area contributed by atoms with Crippen molar-refractivity contribution in [2.24, 2.45) is 5.92 Å². The maximum absolute atomic E-state index is 12.8. The van der Waals surface area contributed by atoms with E-state index in [1.165, 1.54) is 0 Å². The standard InChI is InChI=1S/C17H17F3N2O2/c1-22-13-5-10(6-14(22)9-24-8-13)16(23)15-3-2-12(17(18,19)20)4-11(15)7-21/h2-4,10,13-14H,5-6,8-9H2,1H3. The van der Waals surface area contributed by atoms with Crippen LogP contribution in [0, 0.1) is 17.2 Å². The molecule has 24 heavy (non-hydrogen) atoms. The molecule has 0 aliphatic carbocycles. The van der Waals surface area contributed by atoms with Crippen molar-refractivity contribution in [2.75, 3.05) is 20.3 Å². The number of morpholine rings is 1. The number of halogens is 3. The van der Waals surface area contributed by atoms with Gasteiger partial charge < -0.3 is 4.74 Å². The molecular weight excluding hydrogens is 321 g/mol. The number of nitrogens with zero attached hydrogens (tertiary/aromatic N) is 2. The van der Waals surface area contributed by atoms with E-state index in [4.69, 9.17) is 10.00 Å². The second-order valence-electron chi connectivity index (χ2n) is 6.41. The summed E-state index contributed by atoms with van der Waals surface area (Å²) in [5.41, 5.74) is -1.04. The molecule has 4 nitrogen and oxygen atoms in total. The van der Waals surface area contributed by atoms with Crippen LogP contribution in [0.2, 0.25) is 0 Å². The minimum atomic E-state index is -4.53. The smallest absolute Gasteiger partial charge is 0.378 e. The summed E-state index contributed by atoms with van der Waals surface area (Å²) in [5, 5.41) is 9.16. The van der Waals surface area contributed by atoms with E-state index in [2.05, 4.69) is 4.90 Å². The molecule has 0 N–H and O–H groups in total. The average Bonchev–Trinajstić information content (AvgIpc) is 2.52. The molecule has 0 amide bonds. The Balaban J connectivity index is 1.87. The molecule has 2 bridgehead atoms. The number of benzene rings is 1. The number of nitriles is 1. The van der Waals surface area contributed by atoms with Gasteiger partial charge in [0.1, 0.15) is 0 Å². The summed E-state index contributed by atoms with van der Waals surface area (Å²) in [5.74, 6) is -0.533. The van der Waals surface area contributed by atoms with E-state index in [0.717, 1.165) is 18.2 Å². The van der Waals surface area contributed by atoms with Gasteiger partial charge >= 0.3 is 6.18 Å². The van der Waals surface area contributed by atoms with Crippen molar-refractivity contribution in [1.82, 2.24) is 4.90 Å². The Kier molecular flexibility index (Phi) is 4.37. The summed E-state index contributed by atoms with van der Waals surface area (Å²) >= 11 is 0. The largest absolute Gasteiger partial charge is 0.416 e. The zero-order chi connectivity index (χ0) is 17.5. The molecule has 7 heteroatoms. The van der Waals surface area contributed by atoms with E-state index >= 15 is 0 Å². The zero-order valence-electron chi connectivity index (χ0n) is 13.1. The Labute approximate surface area is 137 Å². The van der Waals surface area contributed by atoms with Gasteiger partial charge in [-0.2, -0.15) is 18.4 Å². The number of fused-ring (bicyclic) bond motifs is 2. The van der Waals surface area contributed by atoms with Crippen LogP contribution < -0.4 is 0 Å². The highest BCUT2D eigenvalue weighted by Gasteiger charge is 2.40. The first-order chi connectivity index (χ1) is 11.3. The van der Waals surface area contributed by atoms with E-state index in [1.807, 2.05) is 7.05 Å². The molecule has 2 heterocycles. The van der Waals surface area contributed by atoms with Crippen molar-refractivity contribution >= 4 is 5.78 Å². The lowest BCUT2D eigenvalue weighted by atomic mass is 9.80. The number of piperidine rings is 1. The molecule has 2 saturated heterocycles. The number of carbonyl (C=O) groups is 1. The van der Waals surface area contributed by atoms with Gasteiger partial charge in [-0.15, -0.1) is 0 Å². The molecule has 128 valence electrons. The van der Waals surface area contributed by atoms with Crippen molar-refractivity contribution in [1.29, 1.82) is 5.26 Å². The van der Waals surface area contributed by atoms with Gasteiger partial charge in [0.15, 0.2) is 5.78 Å². The number of ether oxygens (including phenoxy) is 1.